The third kappa shape index (κ3) is 6.28. The number of hydrogen-bond acceptors (Lipinski definition) is 8. The minimum atomic E-state index is -0.442. The highest BCUT2D eigenvalue weighted by molar-refractivity contribution is 8.27. The summed E-state index contributed by atoms with van der Waals surface area (Å²) in [5.41, 5.74) is 2.25. The van der Waals surface area contributed by atoms with Gasteiger partial charge in [-0.1, -0.05) is 30.0 Å². The fourth-order valence-corrected chi connectivity index (χ4v) is 4.88. The van der Waals surface area contributed by atoms with Crippen LogP contribution in [0.25, 0.3) is 6.08 Å². The van der Waals surface area contributed by atoms with Gasteiger partial charge in [-0.2, -0.15) is 0 Å². The van der Waals surface area contributed by atoms with E-state index in [2.05, 4.69) is 0 Å². The van der Waals surface area contributed by atoms with Gasteiger partial charge in [-0.05, 0) is 79.6 Å². The Morgan fingerprint density at radius 1 is 0.946 bits per heavy atom. The lowest BCUT2D eigenvalue weighted by molar-refractivity contribution is -0.384. The number of ether oxygens (including phenoxy) is 3. The Labute approximate surface area is 224 Å². The second-order valence-corrected chi connectivity index (χ2v) is 9.47. The number of nitrogens with zero attached hydrogens (tertiary/aromatic N) is 2. The first-order chi connectivity index (χ1) is 17.9. The molecule has 0 atom stereocenters. The molecule has 0 bridgehead atoms. The van der Waals surface area contributed by atoms with Crippen LogP contribution in [0, 0.1) is 10.1 Å². The number of rotatable bonds is 10. The van der Waals surface area contributed by atoms with Gasteiger partial charge in [0.1, 0.15) is 12.4 Å². The number of thioether (sulfide) groups is 1. The lowest BCUT2D eigenvalue weighted by Crippen LogP contribution is -2.27. The third-order valence-electron chi connectivity index (χ3n) is 5.31. The standard InChI is InChI=1S/C27H24N2O6S2/c1-3-33-22-12-10-20(11-13-22)28-26(30)25(37-27(28)36)16-19-7-14-23(24(15-19)34-4-2)35-17-18-5-8-21(9-6-18)29(31)32/h5-16H,3-4,17H2,1-2H3/b25-16+. The number of thiocarbonyl (C=S) groups is 1. The van der Waals surface area contributed by atoms with Crippen molar-refractivity contribution in [1.29, 1.82) is 0 Å². The largest absolute Gasteiger partial charge is 0.494 e. The number of nitro benzene ring substituents is 1. The van der Waals surface area contributed by atoms with E-state index in [1.54, 1.807) is 30.3 Å². The van der Waals surface area contributed by atoms with E-state index >= 15 is 0 Å². The number of carbonyl (C=O) groups is 1. The van der Waals surface area contributed by atoms with Crippen LogP contribution in [0.5, 0.6) is 17.2 Å². The number of hydrogen-bond donors (Lipinski definition) is 0. The molecule has 0 aliphatic carbocycles. The molecule has 10 heteroatoms. The van der Waals surface area contributed by atoms with Crippen LogP contribution in [-0.4, -0.2) is 28.4 Å². The van der Waals surface area contributed by atoms with Crippen LogP contribution >= 0.6 is 24.0 Å². The molecular weight excluding hydrogens is 512 g/mol. The average molecular weight is 537 g/mol. The van der Waals surface area contributed by atoms with Crippen molar-refractivity contribution in [3.8, 4) is 17.2 Å². The highest BCUT2D eigenvalue weighted by Crippen LogP contribution is 2.38. The molecule has 37 heavy (non-hydrogen) atoms. The van der Waals surface area contributed by atoms with E-state index in [4.69, 9.17) is 26.4 Å². The Bertz CT molecular complexity index is 1340. The van der Waals surface area contributed by atoms with Crippen LogP contribution in [0.4, 0.5) is 11.4 Å². The van der Waals surface area contributed by atoms with Crippen molar-refractivity contribution in [3.63, 3.8) is 0 Å². The van der Waals surface area contributed by atoms with Gasteiger partial charge >= 0.3 is 0 Å². The van der Waals surface area contributed by atoms with Crippen molar-refractivity contribution < 1.29 is 23.9 Å². The van der Waals surface area contributed by atoms with Gasteiger partial charge in [0.15, 0.2) is 15.8 Å². The van der Waals surface area contributed by atoms with E-state index in [1.165, 1.54) is 28.8 Å². The summed E-state index contributed by atoms with van der Waals surface area (Å²) in [5.74, 6) is 1.58. The van der Waals surface area contributed by atoms with E-state index in [0.29, 0.717) is 39.6 Å². The topological polar surface area (TPSA) is 91.1 Å². The van der Waals surface area contributed by atoms with Crippen LogP contribution in [-0.2, 0) is 11.4 Å². The maximum atomic E-state index is 13.2. The predicted octanol–water partition coefficient (Wildman–Crippen LogP) is 6.38. The maximum absolute atomic E-state index is 13.2. The second-order valence-electron chi connectivity index (χ2n) is 7.80. The summed E-state index contributed by atoms with van der Waals surface area (Å²) >= 11 is 6.72. The van der Waals surface area contributed by atoms with E-state index in [9.17, 15) is 14.9 Å². The molecule has 1 aliphatic rings. The summed E-state index contributed by atoms with van der Waals surface area (Å²) in [5, 5.41) is 10.8. The Morgan fingerprint density at radius 3 is 2.30 bits per heavy atom. The molecule has 190 valence electrons. The van der Waals surface area contributed by atoms with Crippen molar-refractivity contribution in [2.45, 2.75) is 20.5 Å². The zero-order chi connectivity index (χ0) is 26.4. The monoisotopic (exact) mass is 536 g/mol. The Kier molecular flexibility index (Phi) is 8.42. The number of non-ortho nitro benzene ring substituents is 1. The highest BCUT2D eigenvalue weighted by atomic mass is 32.2. The fraction of sp³-hybridized carbons (Fsp3) is 0.185. The molecule has 1 aliphatic heterocycles. The van der Waals surface area contributed by atoms with Crippen molar-refractivity contribution in [2.75, 3.05) is 18.1 Å². The van der Waals surface area contributed by atoms with Gasteiger partial charge in [0, 0.05) is 12.1 Å². The Hall–Kier alpha value is -3.89. The smallest absolute Gasteiger partial charge is 0.270 e. The Balaban J connectivity index is 1.50. The maximum Gasteiger partial charge on any atom is 0.270 e. The first-order valence-corrected chi connectivity index (χ1v) is 12.8. The SMILES string of the molecule is CCOc1ccc(N2C(=O)/C(=C\c3ccc(OCc4ccc([N+](=O)[O-])cc4)c(OCC)c3)SC2=S)cc1. The van der Waals surface area contributed by atoms with Gasteiger partial charge in [0.05, 0.1) is 28.7 Å². The van der Waals surface area contributed by atoms with Gasteiger partial charge in [-0.25, -0.2) is 0 Å². The number of benzene rings is 3. The van der Waals surface area contributed by atoms with Gasteiger partial charge in [-0.3, -0.25) is 19.8 Å². The number of carbonyl (C=O) groups excluding carboxylic acids is 1. The molecule has 0 radical (unpaired) electrons. The van der Waals surface area contributed by atoms with Crippen LogP contribution in [0.3, 0.4) is 0 Å². The summed E-state index contributed by atoms with van der Waals surface area (Å²) in [6.07, 6.45) is 1.77. The van der Waals surface area contributed by atoms with Gasteiger partial charge in [0.2, 0.25) is 0 Å². The molecule has 0 unspecified atom stereocenters. The molecule has 0 spiro atoms. The first kappa shape index (κ1) is 26.2. The normalized spacial score (nSPS) is 14.2. The molecule has 1 heterocycles. The van der Waals surface area contributed by atoms with Crippen molar-refractivity contribution in [2.24, 2.45) is 0 Å². The van der Waals surface area contributed by atoms with Crippen LogP contribution < -0.4 is 19.1 Å². The predicted molar refractivity (Wildman–Crippen MR) is 148 cm³/mol. The van der Waals surface area contributed by atoms with Crippen molar-refractivity contribution in [1.82, 2.24) is 0 Å². The van der Waals surface area contributed by atoms with Gasteiger partial charge in [-0.15, -0.1) is 0 Å². The zero-order valence-corrected chi connectivity index (χ0v) is 21.8. The first-order valence-electron chi connectivity index (χ1n) is 11.5. The Morgan fingerprint density at radius 2 is 1.65 bits per heavy atom. The van der Waals surface area contributed by atoms with Crippen LogP contribution in [0.15, 0.2) is 71.6 Å². The van der Waals surface area contributed by atoms with E-state index in [0.717, 1.165) is 16.9 Å². The molecule has 3 aromatic rings. The number of anilines is 1. The quantitative estimate of drug-likeness (QED) is 0.128. The van der Waals surface area contributed by atoms with Gasteiger partial charge in [0.25, 0.3) is 11.6 Å². The van der Waals surface area contributed by atoms with Crippen molar-refractivity contribution >= 4 is 51.7 Å². The van der Waals surface area contributed by atoms with Gasteiger partial charge < -0.3 is 14.2 Å². The van der Waals surface area contributed by atoms with Crippen LogP contribution in [0.1, 0.15) is 25.0 Å². The molecule has 1 fully saturated rings. The molecule has 1 saturated heterocycles. The number of amides is 1. The fourth-order valence-electron chi connectivity index (χ4n) is 3.58. The molecule has 3 aromatic carbocycles. The summed E-state index contributed by atoms with van der Waals surface area (Å²) < 4.78 is 17.6. The second kappa shape index (κ2) is 11.9. The summed E-state index contributed by atoms with van der Waals surface area (Å²) in [6, 6.07) is 18.8. The van der Waals surface area contributed by atoms with E-state index in [-0.39, 0.29) is 18.2 Å². The van der Waals surface area contributed by atoms with E-state index < -0.39 is 4.92 Å². The van der Waals surface area contributed by atoms with Crippen molar-refractivity contribution in [3.05, 3.63) is 92.9 Å². The molecule has 4 rings (SSSR count). The molecule has 0 N–H and O–H groups in total. The molecule has 0 aromatic heterocycles. The third-order valence-corrected chi connectivity index (χ3v) is 6.61. The lowest BCUT2D eigenvalue weighted by Gasteiger charge is -2.15. The molecule has 0 saturated carbocycles. The average Bonchev–Trinajstić information content (AvgIpc) is 3.17. The summed E-state index contributed by atoms with van der Waals surface area (Å²) in [4.78, 5) is 25.6. The van der Waals surface area contributed by atoms with Crippen LogP contribution in [0.2, 0.25) is 0 Å². The minimum absolute atomic E-state index is 0.0241. The lowest BCUT2D eigenvalue weighted by atomic mass is 10.1. The number of nitro groups is 1. The van der Waals surface area contributed by atoms with E-state index in [1.807, 2.05) is 44.2 Å². The summed E-state index contributed by atoms with van der Waals surface area (Å²) in [6.45, 7) is 4.99. The zero-order valence-electron chi connectivity index (χ0n) is 20.2. The summed E-state index contributed by atoms with van der Waals surface area (Å²) in [7, 11) is 0. The molecule has 8 nitrogen and oxygen atoms in total. The molecule has 1 amide bonds. The molecular formula is C27H24N2O6S2. The minimum Gasteiger partial charge on any atom is -0.494 e. The highest BCUT2D eigenvalue weighted by Gasteiger charge is 2.33.